The molecule has 1 amide bonds. The van der Waals surface area contributed by atoms with Gasteiger partial charge in [-0.05, 0) is 12.1 Å². The number of nitrogens with one attached hydrogen (secondary N) is 1. The van der Waals surface area contributed by atoms with Crippen LogP contribution < -0.4 is 26.6 Å². The molecule has 0 fully saturated rings. The van der Waals surface area contributed by atoms with Crippen LogP contribution in [0.15, 0.2) is 36.5 Å². The Morgan fingerprint density at radius 3 is 2.56 bits per heavy atom. The predicted octanol–water partition coefficient (Wildman–Crippen LogP) is 0.318. The standard InChI is InChI=1S/C12H12N2O.Br2I/c1-9(15)13-11-7-10-5-3-4-6-12(10)14(2)8-11;1-3-2/h3-8H,1-2H3;/q;-1/p+1. The summed E-state index contributed by atoms with van der Waals surface area (Å²) < 4.78 is 2.00. The second-order valence-corrected chi connectivity index (χ2v) is 13.4. The van der Waals surface area contributed by atoms with E-state index in [9.17, 15) is 4.79 Å². The van der Waals surface area contributed by atoms with Crippen molar-refractivity contribution < 1.29 is 26.1 Å². The van der Waals surface area contributed by atoms with Crippen LogP contribution in [-0.2, 0) is 11.8 Å². The number of anilines is 1. The van der Waals surface area contributed by atoms with Crippen LogP contribution in [0.4, 0.5) is 5.69 Å². The van der Waals surface area contributed by atoms with Gasteiger partial charge in [-0.25, -0.2) is 0 Å². The fourth-order valence-electron chi connectivity index (χ4n) is 1.69. The summed E-state index contributed by atoms with van der Waals surface area (Å²) in [6, 6.07) is 10.0. The molecule has 2 aromatic rings. The molecule has 0 saturated carbocycles. The predicted molar refractivity (Wildman–Crippen MR) is 77.3 cm³/mol. The number of rotatable bonds is 1. The maximum Gasteiger partial charge on any atom is 0.221 e. The summed E-state index contributed by atoms with van der Waals surface area (Å²) in [7, 11) is 1.97. The average molecular weight is 488 g/mol. The number of benzene rings is 1. The van der Waals surface area contributed by atoms with Crippen molar-refractivity contribution >= 4 is 47.9 Å². The minimum absolute atomic E-state index is 0.0507. The zero-order valence-electron chi connectivity index (χ0n) is 9.95. The van der Waals surface area contributed by atoms with E-state index in [1.54, 1.807) is 0 Å². The van der Waals surface area contributed by atoms with Gasteiger partial charge in [0.2, 0.25) is 11.4 Å². The van der Waals surface area contributed by atoms with Crippen molar-refractivity contribution in [3.63, 3.8) is 0 Å². The van der Waals surface area contributed by atoms with E-state index in [1.165, 1.54) is 6.92 Å². The van der Waals surface area contributed by atoms with Crippen LogP contribution in [0.3, 0.4) is 0 Å². The Kier molecular flexibility index (Phi) is 7.10. The zero-order valence-corrected chi connectivity index (χ0v) is 15.3. The number of nitrogens with zero attached hydrogens (tertiary/aromatic N) is 1. The molecule has 0 aliphatic rings. The topological polar surface area (TPSA) is 33.0 Å². The number of aryl methyl sites for hydroxylation is 1. The molecule has 18 heavy (non-hydrogen) atoms. The van der Waals surface area contributed by atoms with Crippen molar-refractivity contribution in [1.82, 2.24) is 0 Å². The van der Waals surface area contributed by atoms with E-state index in [0.717, 1.165) is 16.6 Å². The molecular weight excluding hydrogens is 475 g/mol. The average Bonchev–Trinajstić information content (AvgIpc) is 2.29. The quantitative estimate of drug-likeness (QED) is 0.456. The van der Waals surface area contributed by atoms with Gasteiger partial charge in [-0.15, -0.1) is 0 Å². The minimum Gasteiger partial charge on any atom is -0.321 e. The third-order valence-corrected chi connectivity index (χ3v) is 2.28. The molecule has 0 spiro atoms. The van der Waals surface area contributed by atoms with Gasteiger partial charge in [-0.1, -0.05) is 12.1 Å². The molecule has 0 unspecified atom stereocenters. The second kappa shape index (κ2) is 8.06. The van der Waals surface area contributed by atoms with E-state index < -0.39 is 0 Å². The van der Waals surface area contributed by atoms with Crippen molar-refractivity contribution in [1.29, 1.82) is 0 Å². The number of hydrogen-bond donors (Lipinski definition) is 1. The van der Waals surface area contributed by atoms with E-state index in [2.05, 4.69) is 30.7 Å². The molecule has 0 aliphatic carbocycles. The summed E-state index contributed by atoms with van der Waals surface area (Å²) >= 11 is 6.56. The van der Waals surface area contributed by atoms with Crippen LogP contribution in [0.2, 0.25) is 0 Å². The number of amides is 1. The Hall–Kier alpha value is -0.210. The molecule has 0 saturated heterocycles. The molecule has 6 heteroatoms. The van der Waals surface area contributed by atoms with Gasteiger partial charge in [0.25, 0.3) is 0 Å². The Balaban J connectivity index is 0.000000492. The van der Waals surface area contributed by atoms with Gasteiger partial charge in [0.15, 0.2) is 6.20 Å². The maximum atomic E-state index is 10.9. The Morgan fingerprint density at radius 2 is 1.94 bits per heavy atom. The smallest absolute Gasteiger partial charge is 0.221 e. The summed E-state index contributed by atoms with van der Waals surface area (Å²) in [5, 5.41) is 3.89. The Morgan fingerprint density at radius 1 is 1.33 bits per heavy atom. The Labute approximate surface area is 129 Å². The largest absolute Gasteiger partial charge is 0.321 e. The molecule has 1 aromatic carbocycles. The first-order valence-corrected chi connectivity index (χ1v) is 14.8. The number of hydrogen-bond acceptors (Lipinski definition) is 1. The first-order valence-electron chi connectivity index (χ1n) is 5.11. The van der Waals surface area contributed by atoms with E-state index in [4.69, 9.17) is 0 Å². The first-order chi connectivity index (χ1) is 8.58. The van der Waals surface area contributed by atoms with Gasteiger partial charge < -0.3 is 5.32 Å². The summed E-state index contributed by atoms with van der Waals surface area (Å²) in [5.41, 5.74) is 1.97. The maximum absolute atomic E-state index is 10.9. The van der Waals surface area contributed by atoms with Gasteiger partial charge in [0, 0.05) is 18.4 Å². The number of halogens is 3. The van der Waals surface area contributed by atoms with Crippen LogP contribution in [-0.4, -0.2) is 5.91 Å². The number of carbonyl (C=O) groups is 1. The Bertz CT molecular complexity index is 549. The van der Waals surface area contributed by atoms with Crippen molar-refractivity contribution in [2.24, 2.45) is 7.05 Å². The molecule has 0 atom stereocenters. The number of pyridine rings is 1. The molecule has 98 valence electrons. The van der Waals surface area contributed by atoms with Crippen LogP contribution in [0, 0.1) is 0 Å². The van der Waals surface area contributed by atoms with Crippen molar-refractivity contribution in [3.8, 4) is 0 Å². The minimum atomic E-state index is -0.0507. The number of fused-ring (bicyclic) bond motifs is 1. The summed E-state index contributed by atoms with van der Waals surface area (Å²) in [5.74, 6) is -0.0507. The van der Waals surface area contributed by atoms with Crippen molar-refractivity contribution in [3.05, 3.63) is 36.5 Å². The molecule has 0 radical (unpaired) electrons. The molecule has 2 rings (SSSR count). The van der Waals surface area contributed by atoms with Crippen molar-refractivity contribution in [2.75, 3.05) is 5.32 Å². The van der Waals surface area contributed by atoms with Crippen molar-refractivity contribution in [2.45, 2.75) is 6.92 Å². The first kappa shape index (κ1) is 15.8. The second-order valence-electron chi connectivity index (χ2n) is 3.63. The van der Waals surface area contributed by atoms with Gasteiger partial charge in [0.05, 0.1) is 0 Å². The fourth-order valence-corrected chi connectivity index (χ4v) is 1.69. The van der Waals surface area contributed by atoms with E-state index >= 15 is 0 Å². The van der Waals surface area contributed by atoms with E-state index in [0.29, 0.717) is 0 Å². The number of carbonyl (C=O) groups excluding carboxylic acids is 1. The molecule has 1 heterocycles. The molecule has 0 bridgehead atoms. The van der Waals surface area contributed by atoms with E-state index in [-0.39, 0.29) is 22.7 Å². The van der Waals surface area contributed by atoms with Crippen LogP contribution in [0.1, 0.15) is 6.92 Å². The van der Waals surface area contributed by atoms with Gasteiger partial charge in [-0.2, -0.15) is 4.57 Å². The molecule has 1 N–H and O–H groups in total. The zero-order chi connectivity index (χ0) is 13.5. The van der Waals surface area contributed by atoms with E-state index in [1.807, 2.05) is 48.1 Å². The molecule has 0 aliphatic heterocycles. The third-order valence-electron chi connectivity index (χ3n) is 2.28. The fraction of sp³-hybridized carbons (Fsp3) is 0.167. The summed E-state index contributed by atoms with van der Waals surface area (Å²) in [6.45, 7) is 1.51. The molecule has 1 aromatic heterocycles. The molecular formula is C12H13Br2IN2O. The van der Waals surface area contributed by atoms with Gasteiger partial charge in [0.1, 0.15) is 12.7 Å². The SMILES string of the molecule is Br[I-]Br.CC(=O)Nc1cc2ccccc2[n+](C)c1. The summed E-state index contributed by atoms with van der Waals surface area (Å²) in [6.07, 6.45) is 1.91. The van der Waals surface area contributed by atoms with Crippen LogP contribution in [0.5, 0.6) is 0 Å². The number of para-hydroxylation sites is 1. The van der Waals surface area contributed by atoms with Crippen LogP contribution in [0.25, 0.3) is 10.9 Å². The number of aromatic nitrogens is 1. The third kappa shape index (κ3) is 4.81. The van der Waals surface area contributed by atoms with Gasteiger partial charge in [-0.3, -0.25) is 4.79 Å². The summed E-state index contributed by atoms with van der Waals surface area (Å²) in [4.78, 5) is 10.9. The monoisotopic (exact) mass is 486 g/mol. The molecule has 3 nitrogen and oxygen atoms in total. The van der Waals surface area contributed by atoms with Gasteiger partial charge >= 0.3 is 42.1 Å². The van der Waals surface area contributed by atoms with Crippen LogP contribution >= 0.6 is 25.4 Å². The normalized spacial score (nSPS) is 9.78.